The molecule has 1 rings (SSSR count). The number of rotatable bonds is 2. The van der Waals surface area contributed by atoms with Gasteiger partial charge in [0.05, 0.1) is 6.61 Å². The van der Waals surface area contributed by atoms with E-state index in [0.29, 0.717) is 17.2 Å². The molecule has 1 radical (unpaired) electrons. The fraction of sp³-hybridized carbons (Fsp3) is 0.222. The van der Waals surface area contributed by atoms with E-state index in [2.05, 4.69) is 6.07 Å². The third kappa shape index (κ3) is 3.81. The van der Waals surface area contributed by atoms with Crippen molar-refractivity contribution in [3.8, 4) is 0 Å². The van der Waals surface area contributed by atoms with Crippen molar-refractivity contribution in [2.24, 2.45) is 0 Å². The van der Waals surface area contributed by atoms with Crippen molar-refractivity contribution in [2.75, 3.05) is 6.61 Å². The standard InChI is InChI=1S/C9H8ClO2.Mn/c1-2-12-9(11)7-4-3-5-8(10)6-7;/h3-5H,2H2,1H3;/q-1;. The second-order valence-corrected chi connectivity index (χ2v) is 2.54. The van der Waals surface area contributed by atoms with E-state index in [1.165, 1.54) is 0 Å². The number of esters is 1. The van der Waals surface area contributed by atoms with Crippen molar-refractivity contribution in [3.63, 3.8) is 0 Å². The topological polar surface area (TPSA) is 26.3 Å². The van der Waals surface area contributed by atoms with Crippen LogP contribution in [-0.4, -0.2) is 12.6 Å². The summed E-state index contributed by atoms with van der Waals surface area (Å²) in [5.41, 5.74) is 0.365. The van der Waals surface area contributed by atoms with Crippen LogP contribution in [0.2, 0.25) is 5.02 Å². The van der Waals surface area contributed by atoms with E-state index in [1.807, 2.05) is 0 Å². The largest absolute Gasteiger partial charge is 0.506 e. The Balaban J connectivity index is 0.00000144. The Morgan fingerprint density at radius 2 is 2.31 bits per heavy atom. The minimum atomic E-state index is -0.389. The van der Waals surface area contributed by atoms with E-state index < -0.39 is 0 Å². The Morgan fingerprint density at radius 3 is 2.85 bits per heavy atom. The van der Waals surface area contributed by atoms with Crippen molar-refractivity contribution in [1.29, 1.82) is 0 Å². The molecule has 0 spiro atoms. The number of halogens is 1. The van der Waals surface area contributed by atoms with Gasteiger partial charge in [-0.1, -0.05) is 5.56 Å². The number of hydrogen-bond donors (Lipinski definition) is 0. The molecule has 0 aliphatic heterocycles. The molecule has 0 aliphatic rings. The summed E-state index contributed by atoms with van der Waals surface area (Å²) < 4.78 is 4.75. The van der Waals surface area contributed by atoms with Crippen LogP contribution in [0, 0.1) is 6.07 Å². The Kier molecular flexibility index (Phi) is 5.80. The van der Waals surface area contributed by atoms with Gasteiger partial charge in [-0.05, 0) is 11.9 Å². The van der Waals surface area contributed by atoms with Crippen molar-refractivity contribution < 1.29 is 26.6 Å². The Hall–Kier alpha value is -0.501. The maximum atomic E-state index is 11.1. The molecule has 0 heterocycles. The van der Waals surface area contributed by atoms with Gasteiger partial charge in [-0.3, -0.25) is 0 Å². The Labute approximate surface area is 92.7 Å². The first-order valence-corrected chi connectivity index (χ1v) is 3.96. The molecular weight excluding hydrogens is 230 g/mol. The predicted octanol–water partition coefficient (Wildman–Crippen LogP) is 2.31. The van der Waals surface area contributed by atoms with Gasteiger partial charge in [0.25, 0.3) is 0 Å². The van der Waals surface area contributed by atoms with Gasteiger partial charge in [0.1, 0.15) is 0 Å². The molecule has 1 aromatic rings. The van der Waals surface area contributed by atoms with E-state index in [1.54, 1.807) is 25.1 Å². The minimum Gasteiger partial charge on any atom is -0.506 e. The summed E-state index contributed by atoms with van der Waals surface area (Å²) in [5, 5.41) is 0.417. The van der Waals surface area contributed by atoms with Crippen LogP contribution in [0.15, 0.2) is 18.2 Å². The summed E-state index contributed by atoms with van der Waals surface area (Å²) in [7, 11) is 0. The molecule has 0 bridgehead atoms. The van der Waals surface area contributed by atoms with Crippen molar-refractivity contribution in [2.45, 2.75) is 6.92 Å². The maximum Gasteiger partial charge on any atom is 0.250 e. The second-order valence-electron chi connectivity index (χ2n) is 2.13. The van der Waals surface area contributed by atoms with Gasteiger partial charge in [-0.15, -0.1) is 35.9 Å². The van der Waals surface area contributed by atoms with Gasteiger partial charge in [-0.25, -0.2) is 0 Å². The summed E-state index contributed by atoms with van der Waals surface area (Å²) in [4.78, 5) is 11.1. The molecule has 0 atom stereocenters. The van der Waals surface area contributed by atoms with Crippen LogP contribution in [0.3, 0.4) is 0 Å². The molecule has 0 saturated carbocycles. The molecule has 0 saturated heterocycles. The molecule has 13 heavy (non-hydrogen) atoms. The number of benzene rings is 1. The molecular formula is C9H8ClMnO2-. The first-order chi connectivity index (χ1) is 5.74. The molecule has 0 unspecified atom stereocenters. The summed E-state index contributed by atoms with van der Waals surface area (Å²) in [6.07, 6.45) is 0. The zero-order chi connectivity index (χ0) is 8.97. The summed E-state index contributed by atoms with van der Waals surface area (Å²) in [5.74, 6) is -0.389. The molecule has 4 heteroatoms. The third-order valence-corrected chi connectivity index (χ3v) is 1.48. The minimum absolute atomic E-state index is 0. The molecule has 0 aromatic heterocycles. The Morgan fingerprint density at radius 1 is 1.62 bits per heavy atom. The number of hydrogen-bond acceptors (Lipinski definition) is 2. The fourth-order valence-electron chi connectivity index (χ4n) is 0.769. The zero-order valence-electron chi connectivity index (χ0n) is 7.01. The van der Waals surface area contributed by atoms with Crippen LogP contribution >= 0.6 is 11.6 Å². The maximum absolute atomic E-state index is 11.1. The summed E-state index contributed by atoms with van der Waals surface area (Å²) in [6.45, 7) is 2.11. The summed E-state index contributed by atoms with van der Waals surface area (Å²) in [6, 6.07) is 7.64. The molecule has 71 valence electrons. The van der Waals surface area contributed by atoms with Gasteiger partial charge < -0.3 is 9.53 Å². The molecule has 2 nitrogen and oxygen atoms in total. The van der Waals surface area contributed by atoms with Gasteiger partial charge >= 0.3 is 0 Å². The number of carbonyl (C=O) groups excluding carboxylic acids is 1. The van der Waals surface area contributed by atoms with Crippen molar-refractivity contribution >= 4 is 17.6 Å². The molecule has 0 N–H and O–H groups in total. The van der Waals surface area contributed by atoms with Gasteiger partial charge in [0.2, 0.25) is 5.97 Å². The Bertz CT molecular complexity index is 289. The molecule has 0 amide bonds. The van der Waals surface area contributed by atoms with Gasteiger partial charge in [-0.2, -0.15) is 0 Å². The molecule has 1 aromatic carbocycles. The SMILES string of the molecule is CCOC(=O)c1[c-]c(Cl)ccc1.[Mn]. The van der Waals surface area contributed by atoms with E-state index in [0.717, 1.165) is 0 Å². The van der Waals surface area contributed by atoms with Crippen LogP contribution in [-0.2, 0) is 21.8 Å². The normalized spacial score (nSPS) is 8.77. The van der Waals surface area contributed by atoms with E-state index in [-0.39, 0.29) is 23.0 Å². The van der Waals surface area contributed by atoms with E-state index in [9.17, 15) is 4.79 Å². The average Bonchev–Trinajstić information content (AvgIpc) is 2.05. The number of ether oxygens (including phenoxy) is 1. The van der Waals surface area contributed by atoms with Crippen LogP contribution in [0.25, 0.3) is 0 Å². The quantitative estimate of drug-likeness (QED) is 0.449. The van der Waals surface area contributed by atoms with Crippen LogP contribution in [0.4, 0.5) is 0 Å². The van der Waals surface area contributed by atoms with Crippen LogP contribution in [0.5, 0.6) is 0 Å². The fourth-order valence-corrected chi connectivity index (χ4v) is 0.943. The first kappa shape index (κ1) is 12.5. The summed E-state index contributed by atoms with van der Waals surface area (Å²) >= 11 is 5.63. The predicted molar refractivity (Wildman–Crippen MR) is 46.2 cm³/mol. The number of carbonyl (C=O) groups is 1. The van der Waals surface area contributed by atoms with E-state index >= 15 is 0 Å². The monoisotopic (exact) mass is 238 g/mol. The van der Waals surface area contributed by atoms with Gasteiger partial charge in [0, 0.05) is 17.1 Å². The van der Waals surface area contributed by atoms with Crippen molar-refractivity contribution in [1.82, 2.24) is 0 Å². The van der Waals surface area contributed by atoms with E-state index in [4.69, 9.17) is 16.3 Å². The third-order valence-electron chi connectivity index (χ3n) is 1.25. The zero-order valence-corrected chi connectivity index (χ0v) is 8.95. The first-order valence-electron chi connectivity index (χ1n) is 3.59. The second kappa shape index (κ2) is 6.03. The average molecular weight is 239 g/mol. The van der Waals surface area contributed by atoms with Crippen LogP contribution < -0.4 is 0 Å². The van der Waals surface area contributed by atoms with Gasteiger partial charge in [0.15, 0.2) is 0 Å². The molecule has 0 fully saturated rings. The van der Waals surface area contributed by atoms with Crippen LogP contribution in [0.1, 0.15) is 17.3 Å². The molecule has 0 aliphatic carbocycles. The smallest absolute Gasteiger partial charge is 0.250 e. The van der Waals surface area contributed by atoms with Crippen molar-refractivity contribution in [3.05, 3.63) is 34.9 Å².